The summed E-state index contributed by atoms with van der Waals surface area (Å²) in [5, 5.41) is 1.40. The number of carbonyl (C=O) groups excluding carboxylic acids is 1. The molecule has 0 unspecified atom stereocenters. The fourth-order valence-corrected chi connectivity index (χ4v) is 4.52. The standard InChI is InChI=1S/C19H13ClN2OS2/c1-22(19-21-14-4-2-3-5-16(14)25-19)18(23)17-11-10-15(24-17)12-6-8-13(20)9-7-12/h2-11H,1H3. The predicted molar refractivity (Wildman–Crippen MR) is 107 cm³/mol. The predicted octanol–water partition coefficient (Wildman–Crippen LogP) is 5.95. The van der Waals surface area contributed by atoms with E-state index in [1.807, 2.05) is 60.7 Å². The van der Waals surface area contributed by atoms with Gasteiger partial charge in [0.1, 0.15) is 0 Å². The van der Waals surface area contributed by atoms with Crippen LogP contribution in [0.5, 0.6) is 0 Å². The molecule has 0 N–H and O–H groups in total. The summed E-state index contributed by atoms with van der Waals surface area (Å²) in [5.74, 6) is -0.0516. The van der Waals surface area contributed by atoms with Gasteiger partial charge >= 0.3 is 0 Å². The van der Waals surface area contributed by atoms with Gasteiger partial charge in [-0.25, -0.2) is 4.98 Å². The molecule has 0 aliphatic rings. The van der Waals surface area contributed by atoms with Crippen LogP contribution in [0.25, 0.3) is 20.7 Å². The number of benzene rings is 2. The number of aromatic nitrogens is 1. The molecular weight excluding hydrogens is 372 g/mol. The zero-order valence-corrected chi connectivity index (χ0v) is 15.7. The van der Waals surface area contributed by atoms with Crippen molar-refractivity contribution in [3.63, 3.8) is 0 Å². The molecule has 0 atom stereocenters. The Hall–Kier alpha value is -2.21. The number of hydrogen-bond donors (Lipinski definition) is 0. The number of para-hydroxylation sites is 1. The first-order chi connectivity index (χ1) is 12.1. The summed E-state index contributed by atoms with van der Waals surface area (Å²) in [4.78, 5) is 20.7. The molecular formula is C19H13ClN2OS2. The molecule has 2 aromatic heterocycles. The summed E-state index contributed by atoms with van der Waals surface area (Å²) in [6, 6.07) is 19.3. The Bertz CT molecular complexity index is 1020. The minimum atomic E-state index is -0.0516. The van der Waals surface area contributed by atoms with E-state index in [1.165, 1.54) is 22.7 Å². The lowest BCUT2D eigenvalue weighted by Crippen LogP contribution is -2.25. The molecule has 0 aliphatic heterocycles. The van der Waals surface area contributed by atoms with Crippen molar-refractivity contribution < 1.29 is 4.79 Å². The molecule has 0 spiro atoms. The van der Waals surface area contributed by atoms with Crippen molar-refractivity contribution >= 4 is 55.5 Å². The fourth-order valence-electron chi connectivity index (χ4n) is 2.48. The van der Waals surface area contributed by atoms with Crippen molar-refractivity contribution in [3.05, 3.63) is 70.6 Å². The van der Waals surface area contributed by atoms with Crippen LogP contribution in [0.3, 0.4) is 0 Å². The first-order valence-corrected chi connectivity index (χ1v) is 9.62. The number of hydrogen-bond acceptors (Lipinski definition) is 4. The van der Waals surface area contributed by atoms with Crippen LogP contribution in [-0.2, 0) is 0 Å². The Labute approximate surface area is 158 Å². The third-order valence-corrected chi connectivity index (χ3v) is 6.31. The van der Waals surface area contributed by atoms with Gasteiger partial charge in [-0.05, 0) is 42.0 Å². The number of fused-ring (bicyclic) bond motifs is 1. The summed E-state index contributed by atoms with van der Waals surface area (Å²) in [6.45, 7) is 0. The maximum atomic E-state index is 12.8. The molecule has 4 rings (SSSR count). The van der Waals surface area contributed by atoms with Gasteiger partial charge in [0, 0.05) is 16.9 Å². The lowest BCUT2D eigenvalue weighted by atomic mass is 10.2. The van der Waals surface area contributed by atoms with E-state index in [0.717, 1.165) is 20.7 Å². The molecule has 0 aliphatic carbocycles. The molecule has 0 fully saturated rings. The number of nitrogens with zero attached hydrogens (tertiary/aromatic N) is 2. The van der Waals surface area contributed by atoms with Crippen LogP contribution in [0, 0.1) is 0 Å². The van der Waals surface area contributed by atoms with Crippen LogP contribution in [0.1, 0.15) is 9.67 Å². The molecule has 0 saturated carbocycles. The van der Waals surface area contributed by atoms with Crippen LogP contribution in [0.15, 0.2) is 60.7 Å². The molecule has 3 nitrogen and oxygen atoms in total. The number of thiazole rings is 1. The van der Waals surface area contributed by atoms with E-state index >= 15 is 0 Å². The average Bonchev–Trinajstić information content (AvgIpc) is 3.28. The lowest BCUT2D eigenvalue weighted by Gasteiger charge is -2.11. The van der Waals surface area contributed by atoms with Crippen LogP contribution in [0.2, 0.25) is 5.02 Å². The van der Waals surface area contributed by atoms with E-state index in [0.29, 0.717) is 15.0 Å². The molecule has 0 bridgehead atoms. The Morgan fingerprint density at radius 1 is 1.00 bits per heavy atom. The van der Waals surface area contributed by atoms with Gasteiger partial charge < -0.3 is 0 Å². The second kappa shape index (κ2) is 6.59. The van der Waals surface area contributed by atoms with Gasteiger partial charge in [-0.2, -0.15) is 0 Å². The van der Waals surface area contributed by atoms with Gasteiger partial charge in [0.25, 0.3) is 5.91 Å². The quantitative estimate of drug-likeness (QED) is 0.437. The van der Waals surface area contributed by atoms with Crippen molar-refractivity contribution in [1.29, 1.82) is 0 Å². The highest BCUT2D eigenvalue weighted by molar-refractivity contribution is 7.22. The zero-order valence-electron chi connectivity index (χ0n) is 13.3. The van der Waals surface area contributed by atoms with E-state index in [1.54, 1.807) is 11.9 Å². The normalized spacial score (nSPS) is 11.0. The summed E-state index contributed by atoms with van der Waals surface area (Å²) in [6.07, 6.45) is 0. The maximum absolute atomic E-state index is 12.8. The van der Waals surface area contributed by atoms with Crippen LogP contribution in [-0.4, -0.2) is 17.9 Å². The molecule has 4 aromatic rings. The van der Waals surface area contributed by atoms with Crippen LogP contribution >= 0.6 is 34.3 Å². The Balaban J connectivity index is 1.61. The number of amides is 1. The Morgan fingerprint density at radius 2 is 1.76 bits per heavy atom. The number of anilines is 1. The third-order valence-electron chi connectivity index (χ3n) is 3.82. The van der Waals surface area contributed by atoms with Gasteiger partial charge in [-0.15, -0.1) is 11.3 Å². The fraction of sp³-hybridized carbons (Fsp3) is 0.0526. The molecule has 6 heteroatoms. The second-order valence-electron chi connectivity index (χ2n) is 5.50. The van der Waals surface area contributed by atoms with Gasteiger partial charge in [0.05, 0.1) is 15.1 Å². The summed E-state index contributed by atoms with van der Waals surface area (Å²) >= 11 is 8.92. The number of carbonyl (C=O) groups is 1. The highest BCUT2D eigenvalue weighted by Gasteiger charge is 2.19. The number of rotatable bonds is 3. The number of halogens is 1. The SMILES string of the molecule is CN(C(=O)c1ccc(-c2ccc(Cl)cc2)s1)c1nc2ccccc2s1. The highest BCUT2D eigenvalue weighted by Crippen LogP contribution is 2.32. The Kier molecular flexibility index (Phi) is 4.29. The minimum absolute atomic E-state index is 0.0516. The second-order valence-corrected chi connectivity index (χ2v) is 8.03. The molecule has 124 valence electrons. The molecule has 0 radical (unpaired) electrons. The largest absolute Gasteiger partial charge is 0.286 e. The van der Waals surface area contributed by atoms with E-state index in [-0.39, 0.29) is 5.91 Å². The summed E-state index contributed by atoms with van der Waals surface area (Å²) in [7, 11) is 1.77. The highest BCUT2D eigenvalue weighted by atomic mass is 35.5. The third kappa shape index (κ3) is 3.18. The smallest absolute Gasteiger partial charge is 0.269 e. The molecule has 0 saturated heterocycles. The molecule has 25 heavy (non-hydrogen) atoms. The molecule has 1 amide bonds. The molecule has 2 heterocycles. The van der Waals surface area contributed by atoms with E-state index < -0.39 is 0 Å². The monoisotopic (exact) mass is 384 g/mol. The van der Waals surface area contributed by atoms with Crippen molar-refractivity contribution in [2.75, 3.05) is 11.9 Å². The minimum Gasteiger partial charge on any atom is -0.286 e. The summed E-state index contributed by atoms with van der Waals surface area (Å²) < 4.78 is 1.07. The van der Waals surface area contributed by atoms with Crippen molar-refractivity contribution in [2.45, 2.75) is 0 Å². The first-order valence-electron chi connectivity index (χ1n) is 7.61. The van der Waals surface area contributed by atoms with Gasteiger partial charge in [0.2, 0.25) is 0 Å². The Morgan fingerprint density at radius 3 is 2.52 bits per heavy atom. The van der Waals surface area contributed by atoms with E-state index in [2.05, 4.69) is 4.98 Å². The van der Waals surface area contributed by atoms with Crippen molar-refractivity contribution in [2.24, 2.45) is 0 Å². The average molecular weight is 385 g/mol. The lowest BCUT2D eigenvalue weighted by molar-refractivity contribution is 0.0997. The van der Waals surface area contributed by atoms with Crippen molar-refractivity contribution in [1.82, 2.24) is 4.98 Å². The summed E-state index contributed by atoms with van der Waals surface area (Å²) in [5.41, 5.74) is 1.96. The van der Waals surface area contributed by atoms with Gasteiger partial charge in [-0.3, -0.25) is 9.69 Å². The van der Waals surface area contributed by atoms with Crippen molar-refractivity contribution in [3.8, 4) is 10.4 Å². The van der Waals surface area contributed by atoms with Gasteiger partial charge in [0.15, 0.2) is 5.13 Å². The van der Waals surface area contributed by atoms with Crippen LogP contribution in [0.4, 0.5) is 5.13 Å². The van der Waals surface area contributed by atoms with Gasteiger partial charge in [-0.1, -0.05) is 47.2 Å². The number of thiophene rings is 1. The van der Waals surface area contributed by atoms with Crippen LogP contribution < -0.4 is 4.90 Å². The molecule has 2 aromatic carbocycles. The topological polar surface area (TPSA) is 33.2 Å². The zero-order chi connectivity index (χ0) is 17.4. The van der Waals surface area contributed by atoms with E-state index in [9.17, 15) is 4.79 Å². The maximum Gasteiger partial charge on any atom is 0.269 e. The van der Waals surface area contributed by atoms with E-state index in [4.69, 9.17) is 11.6 Å². The first kappa shape index (κ1) is 16.3.